The number of aryl methyl sites for hydroxylation is 1. The van der Waals surface area contributed by atoms with Crippen molar-refractivity contribution in [2.75, 3.05) is 5.32 Å². The quantitative estimate of drug-likeness (QED) is 0.359. The molecule has 11 heteroatoms. The van der Waals surface area contributed by atoms with Gasteiger partial charge in [-0.05, 0) is 48.0 Å². The number of anilines is 1. The highest BCUT2D eigenvalue weighted by Gasteiger charge is 2.35. The highest BCUT2D eigenvalue weighted by Crippen LogP contribution is 2.36. The van der Waals surface area contributed by atoms with Gasteiger partial charge in [-0.2, -0.15) is 13.2 Å². The second kappa shape index (κ2) is 8.35. The molecule has 2 aromatic carbocycles. The van der Waals surface area contributed by atoms with E-state index in [1.807, 2.05) is 0 Å². The maximum Gasteiger partial charge on any atom is 0.417 e. The molecular formula is C24H16F4N6O. The van der Waals surface area contributed by atoms with Crippen LogP contribution in [0.1, 0.15) is 15.9 Å². The van der Waals surface area contributed by atoms with E-state index < -0.39 is 29.0 Å². The molecule has 5 aromatic rings. The normalized spacial score (nSPS) is 11.7. The number of alkyl halides is 3. The predicted octanol–water partition coefficient (Wildman–Crippen LogP) is 5.21. The van der Waals surface area contributed by atoms with Gasteiger partial charge in [0.05, 0.1) is 29.0 Å². The molecule has 0 aliphatic heterocycles. The molecule has 0 saturated heterocycles. The molecule has 5 rings (SSSR count). The van der Waals surface area contributed by atoms with Gasteiger partial charge in [0.25, 0.3) is 5.91 Å². The van der Waals surface area contributed by atoms with Crippen molar-refractivity contribution in [3.05, 3.63) is 90.1 Å². The minimum Gasteiger partial charge on any atom is -0.322 e. The molecule has 0 saturated carbocycles. The van der Waals surface area contributed by atoms with Crippen molar-refractivity contribution < 1.29 is 22.4 Å². The molecule has 1 N–H and O–H groups in total. The summed E-state index contributed by atoms with van der Waals surface area (Å²) in [4.78, 5) is 17.3. The van der Waals surface area contributed by atoms with Gasteiger partial charge in [0.15, 0.2) is 5.82 Å². The van der Waals surface area contributed by atoms with Crippen molar-refractivity contribution in [3.8, 4) is 22.6 Å². The van der Waals surface area contributed by atoms with Crippen LogP contribution in [0.4, 0.5) is 23.2 Å². The van der Waals surface area contributed by atoms with Crippen LogP contribution >= 0.6 is 0 Å². The lowest BCUT2D eigenvalue weighted by Gasteiger charge is -2.15. The van der Waals surface area contributed by atoms with Crippen molar-refractivity contribution in [1.29, 1.82) is 0 Å². The lowest BCUT2D eigenvalue weighted by Crippen LogP contribution is -2.19. The number of fused-ring (bicyclic) bond motifs is 1. The molecule has 0 fully saturated rings. The number of amides is 1. The molecule has 35 heavy (non-hydrogen) atoms. The average molecular weight is 480 g/mol. The zero-order chi connectivity index (χ0) is 24.7. The Morgan fingerprint density at radius 2 is 1.80 bits per heavy atom. The first-order valence-electron chi connectivity index (χ1n) is 10.3. The first-order valence-corrected chi connectivity index (χ1v) is 10.3. The summed E-state index contributed by atoms with van der Waals surface area (Å²) in [5.41, 5.74) is 0.762. The van der Waals surface area contributed by atoms with Crippen LogP contribution in [0, 0.1) is 5.82 Å². The van der Waals surface area contributed by atoms with Crippen molar-refractivity contribution >= 4 is 17.1 Å². The van der Waals surface area contributed by atoms with E-state index >= 15 is 0 Å². The maximum absolute atomic E-state index is 13.7. The molecule has 176 valence electrons. The number of carbonyl (C=O) groups excluding carboxylic acids is 1. The molecule has 1 amide bonds. The third-order valence-electron chi connectivity index (χ3n) is 5.50. The largest absolute Gasteiger partial charge is 0.417 e. The van der Waals surface area contributed by atoms with Crippen LogP contribution in [-0.2, 0) is 13.2 Å². The van der Waals surface area contributed by atoms with Crippen LogP contribution in [0.25, 0.3) is 28.2 Å². The zero-order valence-electron chi connectivity index (χ0n) is 18.1. The fourth-order valence-electron chi connectivity index (χ4n) is 3.83. The van der Waals surface area contributed by atoms with Crippen molar-refractivity contribution in [3.63, 3.8) is 0 Å². The number of aromatic nitrogens is 5. The Hall–Kier alpha value is -4.54. The second-order valence-electron chi connectivity index (χ2n) is 7.72. The van der Waals surface area contributed by atoms with Crippen molar-refractivity contribution in [1.82, 2.24) is 24.4 Å². The number of hydrogen-bond acceptors (Lipinski definition) is 4. The SMILES string of the molecule is Cn1nncc1-c1ncc2c(-c3ccc(C(F)(F)F)c(C(=O)Nc4ccc(F)cc4)c3)cccn12. The number of nitrogens with one attached hydrogen (secondary N) is 1. The molecule has 3 heterocycles. The summed E-state index contributed by atoms with van der Waals surface area (Å²) in [6.45, 7) is 0. The van der Waals surface area contributed by atoms with Gasteiger partial charge in [0.2, 0.25) is 0 Å². The van der Waals surface area contributed by atoms with Crippen LogP contribution in [0.3, 0.4) is 0 Å². The second-order valence-corrected chi connectivity index (χ2v) is 7.72. The molecule has 0 atom stereocenters. The summed E-state index contributed by atoms with van der Waals surface area (Å²) < 4.78 is 57.7. The Labute approximate surface area is 195 Å². The molecule has 0 unspecified atom stereocenters. The van der Waals surface area contributed by atoms with Crippen LogP contribution in [-0.4, -0.2) is 30.3 Å². The molecule has 0 aliphatic rings. The van der Waals surface area contributed by atoms with Crippen molar-refractivity contribution in [2.24, 2.45) is 7.05 Å². The average Bonchev–Trinajstić information content (AvgIpc) is 3.45. The van der Waals surface area contributed by atoms with Gasteiger partial charge in [-0.1, -0.05) is 17.3 Å². The van der Waals surface area contributed by atoms with Gasteiger partial charge in [-0.25, -0.2) is 14.1 Å². The van der Waals surface area contributed by atoms with E-state index in [1.165, 1.54) is 24.3 Å². The number of imidazole rings is 1. The van der Waals surface area contributed by atoms with E-state index in [2.05, 4.69) is 20.6 Å². The van der Waals surface area contributed by atoms with Crippen LogP contribution < -0.4 is 5.32 Å². The third-order valence-corrected chi connectivity index (χ3v) is 5.50. The van der Waals surface area contributed by atoms with E-state index in [1.54, 1.807) is 46.9 Å². The number of benzene rings is 2. The van der Waals surface area contributed by atoms with Crippen LogP contribution in [0.5, 0.6) is 0 Å². The van der Waals surface area contributed by atoms with Crippen LogP contribution in [0.15, 0.2) is 73.2 Å². The number of hydrogen-bond donors (Lipinski definition) is 1. The summed E-state index contributed by atoms with van der Waals surface area (Å²) in [5.74, 6) is -0.945. The summed E-state index contributed by atoms with van der Waals surface area (Å²) >= 11 is 0. The lowest BCUT2D eigenvalue weighted by atomic mass is 9.98. The van der Waals surface area contributed by atoms with Gasteiger partial charge < -0.3 is 5.32 Å². The fraction of sp³-hybridized carbons (Fsp3) is 0.0833. The molecule has 0 spiro atoms. The van der Waals surface area contributed by atoms with Gasteiger partial charge in [-0.15, -0.1) is 5.10 Å². The number of rotatable bonds is 4. The lowest BCUT2D eigenvalue weighted by molar-refractivity contribution is -0.137. The van der Waals surface area contributed by atoms with Crippen LogP contribution in [0.2, 0.25) is 0 Å². The fourth-order valence-corrected chi connectivity index (χ4v) is 3.83. The topological polar surface area (TPSA) is 77.1 Å². The van der Waals surface area contributed by atoms with Gasteiger partial charge in [0.1, 0.15) is 11.5 Å². The molecule has 0 bridgehead atoms. The standard InChI is InChI=1S/C24H16F4N6O/c1-33-21(13-30-32-33)22-29-12-20-17(3-2-10-34(20)22)14-4-9-19(24(26,27)28)18(11-14)23(35)31-16-7-5-15(25)6-8-16/h2-13H,1H3,(H,31,35). The zero-order valence-corrected chi connectivity index (χ0v) is 18.1. The minimum atomic E-state index is -4.75. The van der Waals surface area contributed by atoms with Gasteiger partial charge in [-0.3, -0.25) is 9.20 Å². The Morgan fingerprint density at radius 3 is 2.49 bits per heavy atom. The number of nitrogens with zero attached hydrogens (tertiary/aromatic N) is 5. The Balaban J connectivity index is 1.61. The number of pyridine rings is 1. The first kappa shape index (κ1) is 22.3. The minimum absolute atomic E-state index is 0.169. The maximum atomic E-state index is 13.7. The monoisotopic (exact) mass is 480 g/mol. The smallest absolute Gasteiger partial charge is 0.322 e. The first-order chi connectivity index (χ1) is 16.7. The summed E-state index contributed by atoms with van der Waals surface area (Å²) in [6, 6.07) is 11.6. The van der Waals surface area contributed by atoms with E-state index in [9.17, 15) is 22.4 Å². The number of halogens is 4. The predicted molar refractivity (Wildman–Crippen MR) is 120 cm³/mol. The van der Waals surface area contributed by atoms with Crippen molar-refractivity contribution in [2.45, 2.75) is 6.18 Å². The summed E-state index contributed by atoms with van der Waals surface area (Å²) in [5, 5.41) is 10.2. The highest BCUT2D eigenvalue weighted by molar-refractivity contribution is 6.06. The van der Waals surface area contributed by atoms with E-state index in [0.29, 0.717) is 28.2 Å². The third kappa shape index (κ3) is 4.12. The Kier molecular flexibility index (Phi) is 5.31. The molecular weight excluding hydrogens is 464 g/mol. The Morgan fingerprint density at radius 1 is 1.03 bits per heavy atom. The number of carbonyl (C=O) groups is 1. The van der Waals surface area contributed by atoms with E-state index in [0.717, 1.165) is 18.2 Å². The molecule has 3 aromatic heterocycles. The molecule has 7 nitrogen and oxygen atoms in total. The van der Waals surface area contributed by atoms with Gasteiger partial charge >= 0.3 is 6.18 Å². The summed E-state index contributed by atoms with van der Waals surface area (Å²) in [7, 11) is 1.72. The van der Waals surface area contributed by atoms with Gasteiger partial charge in [0, 0.05) is 24.5 Å². The summed E-state index contributed by atoms with van der Waals surface area (Å²) in [6.07, 6.45) is 0.155. The Bertz CT molecular complexity index is 1550. The van der Waals surface area contributed by atoms with E-state index in [-0.39, 0.29) is 5.69 Å². The molecule has 0 radical (unpaired) electrons. The van der Waals surface area contributed by atoms with E-state index in [4.69, 9.17) is 0 Å². The molecule has 0 aliphatic carbocycles. The highest BCUT2D eigenvalue weighted by atomic mass is 19.4.